The zero-order chi connectivity index (χ0) is 27.0. The van der Waals surface area contributed by atoms with Gasteiger partial charge in [0, 0.05) is 35.2 Å². The van der Waals surface area contributed by atoms with E-state index in [1.165, 1.54) is 0 Å². The van der Waals surface area contributed by atoms with Crippen LogP contribution in [0.15, 0.2) is 60.9 Å². The van der Waals surface area contributed by atoms with Crippen LogP contribution in [0.4, 0.5) is 23.2 Å². The standard InChI is InChI=1S/C27H23ClF4N4O2/c1-15-9-16(5-6-20(15)26(37)35-22-12-21(22)29)24-13-34-25-23(33-8-7-27(30,31)32)11-19(14-36(24)25)38-18-4-2-3-17(28)10-18/h2-6,9-11,13-14,21-22,33H,7-8,12H2,1H3,(H,35,37)/t21-,22+/m0/s1. The first-order chi connectivity index (χ1) is 18.1. The number of nitrogens with one attached hydrogen (secondary N) is 2. The van der Waals surface area contributed by atoms with Crippen molar-refractivity contribution in [1.29, 1.82) is 0 Å². The van der Waals surface area contributed by atoms with Gasteiger partial charge in [0.25, 0.3) is 5.91 Å². The van der Waals surface area contributed by atoms with Crippen LogP contribution < -0.4 is 15.4 Å². The lowest BCUT2D eigenvalue weighted by molar-refractivity contribution is -0.131. The van der Waals surface area contributed by atoms with E-state index in [0.717, 1.165) is 5.56 Å². The summed E-state index contributed by atoms with van der Waals surface area (Å²) in [6.45, 7) is 1.44. The highest BCUT2D eigenvalue weighted by Gasteiger charge is 2.39. The molecule has 1 amide bonds. The van der Waals surface area contributed by atoms with Gasteiger partial charge in [-0.3, -0.25) is 9.20 Å². The second-order valence-electron chi connectivity index (χ2n) is 9.14. The Bertz CT molecular complexity index is 1500. The Kier molecular flexibility index (Phi) is 6.92. The monoisotopic (exact) mass is 546 g/mol. The van der Waals surface area contributed by atoms with Crippen molar-refractivity contribution in [3.05, 3.63) is 77.1 Å². The van der Waals surface area contributed by atoms with E-state index in [0.29, 0.717) is 51.1 Å². The van der Waals surface area contributed by atoms with E-state index in [4.69, 9.17) is 16.3 Å². The summed E-state index contributed by atoms with van der Waals surface area (Å²) in [4.78, 5) is 17.0. The molecule has 2 N–H and O–H groups in total. The minimum atomic E-state index is -4.31. The largest absolute Gasteiger partial charge is 0.456 e. The molecule has 0 bridgehead atoms. The van der Waals surface area contributed by atoms with E-state index < -0.39 is 24.8 Å². The maximum absolute atomic E-state index is 13.2. The number of hydrogen-bond acceptors (Lipinski definition) is 4. The van der Waals surface area contributed by atoms with Crippen molar-refractivity contribution in [2.24, 2.45) is 0 Å². The number of pyridine rings is 1. The highest BCUT2D eigenvalue weighted by Crippen LogP contribution is 2.33. The topological polar surface area (TPSA) is 67.7 Å². The molecule has 1 fully saturated rings. The molecule has 0 radical (unpaired) electrons. The molecular weight excluding hydrogens is 524 g/mol. The number of anilines is 1. The van der Waals surface area contributed by atoms with Crippen LogP contribution in [-0.4, -0.2) is 40.2 Å². The third-order valence-corrected chi connectivity index (χ3v) is 6.37. The molecule has 5 rings (SSSR count). The van der Waals surface area contributed by atoms with Crippen molar-refractivity contribution in [2.75, 3.05) is 11.9 Å². The Hall–Kier alpha value is -3.79. The highest BCUT2D eigenvalue weighted by molar-refractivity contribution is 6.30. The predicted molar refractivity (Wildman–Crippen MR) is 137 cm³/mol. The van der Waals surface area contributed by atoms with Crippen LogP contribution in [0.1, 0.15) is 28.8 Å². The first kappa shape index (κ1) is 25.8. The number of nitrogens with zero attached hydrogens (tertiary/aromatic N) is 2. The second kappa shape index (κ2) is 10.2. The summed E-state index contributed by atoms with van der Waals surface area (Å²) in [5.74, 6) is 0.467. The number of rotatable bonds is 8. The summed E-state index contributed by atoms with van der Waals surface area (Å²) in [6, 6.07) is 13.1. The van der Waals surface area contributed by atoms with E-state index in [1.807, 2.05) is 0 Å². The number of halogens is 5. The molecule has 6 nitrogen and oxygen atoms in total. The number of carbonyl (C=O) groups is 1. The molecule has 2 heterocycles. The van der Waals surface area contributed by atoms with E-state index in [-0.39, 0.29) is 12.5 Å². The van der Waals surface area contributed by atoms with Gasteiger partial charge >= 0.3 is 6.18 Å². The van der Waals surface area contributed by atoms with Gasteiger partial charge in [0.05, 0.1) is 36.2 Å². The number of amides is 1. The molecule has 0 aliphatic heterocycles. The zero-order valence-corrected chi connectivity index (χ0v) is 20.9. The van der Waals surface area contributed by atoms with Crippen LogP contribution in [0.3, 0.4) is 0 Å². The van der Waals surface area contributed by atoms with Gasteiger partial charge in [-0.2, -0.15) is 13.2 Å². The quantitative estimate of drug-likeness (QED) is 0.234. The van der Waals surface area contributed by atoms with Crippen LogP contribution in [0.25, 0.3) is 16.9 Å². The van der Waals surface area contributed by atoms with Crippen LogP contribution in [0.5, 0.6) is 11.5 Å². The van der Waals surface area contributed by atoms with E-state index in [9.17, 15) is 22.4 Å². The molecule has 2 aromatic heterocycles. The fourth-order valence-corrected chi connectivity index (χ4v) is 4.28. The number of benzene rings is 2. The summed E-state index contributed by atoms with van der Waals surface area (Å²) < 4.78 is 59.2. The maximum Gasteiger partial charge on any atom is 0.390 e. The smallest absolute Gasteiger partial charge is 0.390 e. The number of fused-ring (bicyclic) bond motifs is 1. The Morgan fingerprint density at radius 2 is 1.97 bits per heavy atom. The molecule has 1 aliphatic rings. The van der Waals surface area contributed by atoms with Gasteiger partial charge < -0.3 is 15.4 Å². The van der Waals surface area contributed by atoms with E-state index in [1.54, 1.807) is 72.2 Å². The molecule has 4 aromatic rings. The van der Waals surface area contributed by atoms with Gasteiger partial charge in [0.1, 0.15) is 17.7 Å². The minimum Gasteiger partial charge on any atom is -0.456 e. The molecule has 0 unspecified atom stereocenters. The average Bonchev–Trinajstić information content (AvgIpc) is 3.35. The third-order valence-electron chi connectivity index (χ3n) is 6.13. The van der Waals surface area contributed by atoms with Crippen molar-refractivity contribution in [3.63, 3.8) is 0 Å². The number of alkyl halides is 4. The SMILES string of the molecule is Cc1cc(-c2cnc3c(NCCC(F)(F)F)cc(Oc4cccc(Cl)c4)cn23)ccc1C(=O)N[C@@H]1C[C@@H]1F. The van der Waals surface area contributed by atoms with Crippen LogP contribution >= 0.6 is 11.6 Å². The molecule has 0 spiro atoms. The first-order valence-corrected chi connectivity index (χ1v) is 12.3. The van der Waals surface area contributed by atoms with Gasteiger partial charge in [0.2, 0.25) is 0 Å². The average molecular weight is 547 g/mol. The number of aryl methyl sites for hydroxylation is 1. The van der Waals surface area contributed by atoms with Crippen molar-refractivity contribution in [2.45, 2.75) is 38.2 Å². The predicted octanol–water partition coefficient (Wildman–Crippen LogP) is 6.96. The van der Waals surface area contributed by atoms with Gasteiger partial charge in [-0.05, 0) is 42.8 Å². The molecule has 1 aliphatic carbocycles. The van der Waals surface area contributed by atoms with E-state index in [2.05, 4.69) is 15.6 Å². The second-order valence-corrected chi connectivity index (χ2v) is 9.58. The Morgan fingerprint density at radius 1 is 1.18 bits per heavy atom. The molecular formula is C27H23ClF4N4O2. The van der Waals surface area contributed by atoms with Crippen LogP contribution in [-0.2, 0) is 0 Å². The Balaban J connectivity index is 1.49. The van der Waals surface area contributed by atoms with Gasteiger partial charge in [-0.25, -0.2) is 9.37 Å². The van der Waals surface area contributed by atoms with Crippen molar-refractivity contribution in [3.8, 4) is 22.8 Å². The Labute approximate surface area is 220 Å². The summed E-state index contributed by atoms with van der Waals surface area (Å²) in [6.07, 6.45) is -2.73. The number of imidazole rings is 1. The third kappa shape index (κ3) is 5.85. The fourth-order valence-electron chi connectivity index (χ4n) is 4.10. The first-order valence-electron chi connectivity index (χ1n) is 11.9. The summed E-state index contributed by atoms with van der Waals surface area (Å²) >= 11 is 6.06. The van der Waals surface area contributed by atoms with Crippen molar-refractivity contribution in [1.82, 2.24) is 14.7 Å². The molecule has 2 aromatic carbocycles. The number of ether oxygens (including phenoxy) is 1. The van der Waals surface area contributed by atoms with Gasteiger partial charge in [-0.1, -0.05) is 23.7 Å². The maximum atomic E-state index is 13.2. The molecule has 38 heavy (non-hydrogen) atoms. The van der Waals surface area contributed by atoms with Gasteiger partial charge in [0.15, 0.2) is 5.65 Å². The minimum absolute atomic E-state index is 0.323. The molecule has 1 saturated carbocycles. The molecule has 2 atom stereocenters. The summed E-state index contributed by atoms with van der Waals surface area (Å²) in [7, 11) is 0. The summed E-state index contributed by atoms with van der Waals surface area (Å²) in [5, 5.41) is 5.96. The molecule has 198 valence electrons. The molecule has 11 heteroatoms. The number of hydrogen-bond donors (Lipinski definition) is 2. The van der Waals surface area contributed by atoms with E-state index >= 15 is 0 Å². The number of aromatic nitrogens is 2. The van der Waals surface area contributed by atoms with Crippen molar-refractivity contribution >= 4 is 28.8 Å². The normalized spacial score (nSPS) is 16.9. The lowest BCUT2D eigenvalue weighted by Gasteiger charge is -2.14. The zero-order valence-electron chi connectivity index (χ0n) is 20.2. The Morgan fingerprint density at radius 3 is 2.66 bits per heavy atom. The van der Waals surface area contributed by atoms with Crippen LogP contribution in [0, 0.1) is 6.92 Å². The number of carbonyl (C=O) groups excluding carboxylic acids is 1. The fraction of sp³-hybridized carbons (Fsp3) is 0.259. The van der Waals surface area contributed by atoms with Crippen molar-refractivity contribution < 1.29 is 27.1 Å². The van der Waals surface area contributed by atoms with Crippen LogP contribution in [0.2, 0.25) is 5.02 Å². The highest BCUT2D eigenvalue weighted by atomic mass is 35.5. The lowest BCUT2D eigenvalue weighted by atomic mass is 10.0. The lowest BCUT2D eigenvalue weighted by Crippen LogP contribution is -2.27. The molecule has 0 saturated heterocycles. The summed E-state index contributed by atoms with van der Waals surface area (Å²) in [5.41, 5.74) is 3.24. The van der Waals surface area contributed by atoms with Gasteiger partial charge in [-0.15, -0.1) is 0 Å².